The highest BCUT2D eigenvalue weighted by molar-refractivity contribution is 7.89. The van der Waals surface area contributed by atoms with E-state index < -0.39 is 16.0 Å². The van der Waals surface area contributed by atoms with Crippen LogP contribution >= 0.6 is 0 Å². The largest absolute Gasteiger partial charge is 0.480 e. The molecule has 1 aromatic rings. The summed E-state index contributed by atoms with van der Waals surface area (Å²) in [5.74, 6) is -1.01. The zero-order chi connectivity index (χ0) is 13.8. The molecule has 0 aliphatic rings. The van der Waals surface area contributed by atoms with Crippen LogP contribution in [0.4, 0.5) is 5.69 Å². The Morgan fingerprint density at radius 2 is 2.00 bits per heavy atom. The van der Waals surface area contributed by atoms with Gasteiger partial charge in [-0.25, -0.2) is 13.1 Å². The first kappa shape index (κ1) is 14.5. The monoisotopic (exact) mass is 272 g/mol. The Labute approximate surface area is 106 Å². The second-order valence-corrected chi connectivity index (χ2v) is 5.44. The molecule has 0 bridgehead atoms. The molecule has 0 heterocycles. The summed E-state index contributed by atoms with van der Waals surface area (Å²) >= 11 is 0. The lowest BCUT2D eigenvalue weighted by Gasteiger charge is -2.23. The Kier molecular flexibility index (Phi) is 4.69. The molecule has 0 saturated heterocycles. The van der Waals surface area contributed by atoms with Gasteiger partial charge in [0, 0.05) is 6.54 Å². The maximum Gasteiger partial charge on any atom is 0.323 e. The van der Waals surface area contributed by atoms with Crippen LogP contribution in [0.5, 0.6) is 0 Å². The number of nitrogens with zero attached hydrogens (tertiary/aromatic N) is 1. The molecule has 0 aliphatic carbocycles. The summed E-state index contributed by atoms with van der Waals surface area (Å²) in [5.41, 5.74) is 0.386. The van der Waals surface area contributed by atoms with Crippen molar-refractivity contribution in [3.63, 3.8) is 0 Å². The third-order valence-electron chi connectivity index (χ3n) is 2.47. The maximum atomic E-state index is 11.8. The van der Waals surface area contributed by atoms with E-state index in [-0.39, 0.29) is 11.4 Å². The van der Waals surface area contributed by atoms with Crippen molar-refractivity contribution in [2.45, 2.75) is 11.8 Å². The van der Waals surface area contributed by atoms with Crippen molar-refractivity contribution in [3.8, 4) is 0 Å². The van der Waals surface area contributed by atoms with E-state index in [1.165, 1.54) is 18.0 Å². The minimum Gasteiger partial charge on any atom is -0.480 e. The van der Waals surface area contributed by atoms with Crippen LogP contribution in [0.25, 0.3) is 0 Å². The lowest BCUT2D eigenvalue weighted by molar-refractivity contribution is -0.135. The average Bonchev–Trinajstić information content (AvgIpc) is 2.35. The quantitative estimate of drug-likeness (QED) is 0.787. The Balaban J connectivity index is 3.27. The summed E-state index contributed by atoms with van der Waals surface area (Å²) in [6.45, 7) is 1.93. The van der Waals surface area contributed by atoms with Crippen molar-refractivity contribution in [2.75, 3.05) is 25.0 Å². The van der Waals surface area contributed by atoms with Gasteiger partial charge < -0.3 is 10.0 Å². The fraction of sp³-hybridized carbons (Fsp3) is 0.364. The van der Waals surface area contributed by atoms with Crippen LogP contribution in [0.1, 0.15) is 6.92 Å². The van der Waals surface area contributed by atoms with Crippen LogP contribution in [-0.2, 0) is 14.8 Å². The highest BCUT2D eigenvalue weighted by Gasteiger charge is 2.20. The second-order valence-electron chi connectivity index (χ2n) is 3.58. The molecule has 0 fully saturated rings. The summed E-state index contributed by atoms with van der Waals surface area (Å²) < 4.78 is 25.9. The number of carbonyl (C=O) groups is 1. The van der Waals surface area contributed by atoms with Gasteiger partial charge in [-0.3, -0.25) is 4.79 Å². The number of likely N-dealkylation sites (N-methyl/N-ethyl adjacent to an activating group) is 1. The van der Waals surface area contributed by atoms with Crippen molar-refractivity contribution in [1.29, 1.82) is 0 Å². The van der Waals surface area contributed by atoms with E-state index in [0.29, 0.717) is 12.2 Å². The number of hydrogen-bond donors (Lipinski definition) is 2. The summed E-state index contributed by atoms with van der Waals surface area (Å²) in [5, 5.41) is 8.82. The summed E-state index contributed by atoms with van der Waals surface area (Å²) in [7, 11) is -2.29. The highest BCUT2D eigenvalue weighted by atomic mass is 32.2. The van der Waals surface area contributed by atoms with Crippen molar-refractivity contribution in [2.24, 2.45) is 0 Å². The maximum absolute atomic E-state index is 11.8. The van der Waals surface area contributed by atoms with Crippen LogP contribution in [0.2, 0.25) is 0 Å². The van der Waals surface area contributed by atoms with Gasteiger partial charge in [0.05, 0.1) is 5.69 Å². The van der Waals surface area contributed by atoms with Gasteiger partial charge in [0.25, 0.3) is 0 Å². The molecular formula is C11H16N2O4S. The van der Waals surface area contributed by atoms with Gasteiger partial charge in [0.2, 0.25) is 10.0 Å². The lowest BCUT2D eigenvalue weighted by atomic mass is 10.3. The molecule has 100 valence electrons. The topological polar surface area (TPSA) is 86.7 Å². The van der Waals surface area contributed by atoms with E-state index in [0.717, 1.165) is 0 Å². The summed E-state index contributed by atoms with van der Waals surface area (Å²) in [6, 6.07) is 6.32. The fourth-order valence-corrected chi connectivity index (χ4v) is 2.54. The van der Waals surface area contributed by atoms with E-state index in [2.05, 4.69) is 4.72 Å². The van der Waals surface area contributed by atoms with Gasteiger partial charge in [0.1, 0.15) is 11.4 Å². The second kappa shape index (κ2) is 5.83. The van der Waals surface area contributed by atoms with Crippen molar-refractivity contribution in [1.82, 2.24) is 4.72 Å². The first-order valence-corrected chi connectivity index (χ1v) is 6.90. The minimum atomic E-state index is -3.60. The number of sulfonamides is 1. The first-order valence-electron chi connectivity index (χ1n) is 5.41. The number of carboxylic acid groups (broad SMARTS) is 1. The molecule has 2 N–H and O–H groups in total. The molecule has 1 aromatic carbocycles. The van der Waals surface area contributed by atoms with Crippen LogP contribution in [-0.4, -0.2) is 39.6 Å². The van der Waals surface area contributed by atoms with Crippen molar-refractivity contribution >= 4 is 21.7 Å². The molecular weight excluding hydrogens is 256 g/mol. The molecule has 7 heteroatoms. The lowest BCUT2D eigenvalue weighted by Crippen LogP contribution is -2.31. The highest BCUT2D eigenvalue weighted by Crippen LogP contribution is 2.24. The van der Waals surface area contributed by atoms with E-state index in [1.54, 1.807) is 25.1 Å². The fourth-order valence-electron chi connectivity index (χ4n) is 1.59. The number of hydrogen-bond acceptors (Lipinski definition) is 4. The van der Waals surface area contributed by atoms with Gasteiger partial charge in [-0.2, -0.15) is 0 Å². The number of benzene rings is 1. The zero-order valence-corrected chi connectivity index (χ0v) is 11.1. The van der Waals surface area contributed by atoms with Gasteiger partial charge >= 0.3 is 5.97 Å². The summed E-state index contributed by atoms with van der Waals surface area (Å²) in [6.07, 6.45) is 0. The number of para-hydroxylation sites is 1. The number of carboxylic acids is 1. The number of rotatable bonds is 6. The predicted molar refractivity (Wildman–Crippen MR) is 68.2 cm³/mol. The zero-order valence-electron chi connectivity index (χ0n) is 10.3. The van der Waals surface area contributed by atoms with Crippen LogP contribution in [0.15, 0.2) is 29.2 Å². The molecule has 0 amide bonds. The normalized spacial score (nSPS) is 11.2. The van der Waals surface area contributed by atoms with Crippen molar-refractivity contribution in [3.05, 3.63) is 24.3 Å². The number of aliphatic carboxylic acids is 1. The van der Waals surface area contributed by atoms with E-state index in [1.807, 2.05) is 0 Å². The molecule has 0 spiro atoms. The average molecular weight is 272 g/mol. The van der Waals surface area contributed by atoms with Crippen LogP contribution < -0.4 is 9.62 Å². The SMILES string of the molecule is CCN(CC(=O)O)c1ccccc1S(=O)(=O)NC. The van der Waals surface area contributed by atoms with E-state index in [4.69, 9.17) is 5.11 Å². The molecule has 0 aliphatic heterocycles. The molecule has 18 heavy (non-hydrogen) atoms. The Morgan fingerprint density at radius 3 is 2.50 bits per heavy atom. The predicted octanol–water partition coefficient (Wildman–Crippen LogP) is 0.506. The van der Waals surface area contributed by atoms with Gasteiger partial charge in [0.15, 0.2) is 0 Å². The standard InChI is InChI=1S/C11H16N2O4S/c1-3-13(8-11(14)15)9-6-4-5-7-10(9)18(16,17)12-2/h4-7,12H,3,8H2,1-2H3,(H,14,15). The third-order valence-corrected chi connectivity index (χ3v) is 3.93. The smallest absolute Gasteiger partial charge is 0.323 e. The van der Waals surface area contributed by atoms with Crippen molar-refractivity contribution < 1.29 is 18.3 Å². The molecule has 0 atom stereocenters. The van der Waals surface area contributed by atoms with Gasteiger partial charge in [-0.05, 0) is 26.1 Å². The molecule has 0 unspecified atom stereocenters. The molecule has 0 aromatic heterocycles. The molecule has 1 rings (SSSR count). The first-order chi connectivity index (χ1) is 8.42. The minimum absolute atomic E-state index is 0.0793. The van der Waals surface area contributed by atoms with Gasteiger partial charge in [-0.1, -0.05) is 12.1 Å². The Bertz CT molecular complexity index is 528. The molecule has 0 saturated carbocycles. The molecule has 0 radical (unpaired) electrons. The number of nitrogens with one attached hydrogen (secondary N) is 1. The Hall–Kier alpha value is -1.60. The van der Waals surface area contributed by atoms with Gasteiger partial charge in [-0.15, -0.1) is 0 Å². The molecule has 6 nitrogen and oxygen atoms in total. The van der Waals surface area contributed by atoms with Crippen LogP contribution in [0, 0.1) is 0 Å². The Morgan fingerprint density at radius 1 is 1.39 bits per heavy atom. The number of anilines is 1. The summed E-state index contributed by atoms with van der Waals surface area (Å²) in [4.78, 5) is 12.3. The van der Waals surface area contributed by atoms with Crippen LogP contribution in [0.3, 0.4) is 0 Å². The third kappa shape index (κ3) is 3.21. The van der Waals surface area contributed by atoms with E-state index in [9.17, 15) is 13.2 Å². The van der Waals surface area contributed by atoms with E-state index >= 15 is 0 Å².